The van der Waals surface area contributed by atoms with E-state index in [0.717, 1.165) is 24.3 Å². The van der Waals surface area contributed by atoms with Gasteiger partial charge in [-0.05, 0) is 61.4 Å². The van der Waals surface area contributed by atoms with Gasteiger partial charge in [-0.25, -0.2) is 17.6 Å². The number of hydrogen-bond acceptors (Lipinski definition) is 4. The maximum Gasteiger partial charge on any atom is 0.303 e. The van der Waals surface area contributed by atoms with Gasteiger partial charge in [0, 0.05) is 54.0 Å². The van der Waals surface area contributed by atoms with Crippen LogP contribution in [0, 0.1) is 30.2 Å². The van der Waals surface area contributed by atoms with E-state index in [9.17, 15) is 27.2 Å². The molecule has 42 heavy (non-hydrogen) atoms. The van der Waals surface area contributed by atoms with Gasteiger partial charge in [-0.1, -0.05) is 24.3 Å². The first kappa shape index (κ1) is 30.1. The number of carboxylic acids is 1. The highest BCUT2D eigenvalue weighted by atomic mass is 19.1. The summed E-state index contributed by atoms with van der Waals surface area (Å²) in [5.41, 5.74) is 2.16. The van der Waals surface area contributed by atoms with Crippen LogP contribution in [0.4, 0.5) is 28.9 Å². The molecule has 0 bridgehead atoms. The Morgan fingerprint density at radius 1 is 0.833 bits per heavy atom. The molecule has 1 amide bonds. The maximum atomic E-state index is 14.5. The van der Waals surface area contributed by atoms with Gasteiger partial charge in [-0.2, -0.15) is 0 Å². The zero-order chi connectivity index (χ0) is 30.2. The van der Waals surface area contributed by atoms with Gasteiger partial charge in [-0.3, -0.25) is 9.59 Å². The van der Waals surface area contributed by atoms with E-state index >= 15 is 0 Å². The summed E-state index contributed by atoms with van der Waals surface area (Å²) in [6, 6.07) is 18.0. The highest BCUT2D eigenvalue weighted by Gasteiger charge is 2.18. The number of nitrogens with zero attached hydrogens (tertiary/aromatic N) is 1. The van der Waals surface area contributed by atoms with Crippen molar-refractivity contribution >= 4 is 23.3 Å². The number of aryl methyl sites for hydroxylation is 1. The van der Waals surface area contributed by atoms with Crippen LogP contribution < -0.4 is 15.0 Å². The Hall–Kier alpha value is -4.86. The molecule has 0 unspecified atom stereocenters. The zero-order valence-electron chi connectivity index (χ0n) is 22.7. The molecule has 6 nitrogen and oxygen atoms in total. The van der Waals surface area contributed by atoms with Crippen LogP contribution in [-0.2, 0) is 17.9 Å². The topological polar surface area (TPSA) is 78.9 Å². The first-order valence-electron chi connectivity index (χ1n) is 13.1. The van der Waals surface area contributed by atoms with Crippen molar-refractivity contribution in [1.29, 1.82) is 0 Å². The lowest BCUT2D eigenvalue weighted by Gasteiger charge is -2.26. The van der Waals surface area contributed by atoms with Crippen LogP contribution >= 0.6 is 0 Å². The van der Waals surface area contributed by atoms with Crippen molar-refractivity contribution in [2.75, 3.05) is 16.8 Å². The molecule has 10 heteroatoms. The minimum atomic E-state index is -0.928. The summed E-state index contributed by atoms with van der Waals surface area (Å²) in [5, 5.41) is 11.6. The standard InChI is InChI=1S/C32H28F4N2O4/c1-20-15-25(12-13-26(20)32(41)37-29-5-2-3-6-30(29)42-14-4-7-31(39)40)38(18-21-8-10-23(33)16-27(21)35)19-22-9-11-24(34)17-28(22)36/h2-3,5-6,8-13,15-17H,4,7,14,18-19H2,1H3,(H,37,41)(H,39,40). The summed E-state index contributed by atoms with van der Waals surface area (Å²) in [4.78, 5) is 25.6. The van der Waals surface area contributed by atoms with Crippen molar-refractivity contribution in [3.8, 4) is 5.75 Å². The maximum absolute atomic E-state index is 14.5. The number of aliphatic carboxylic acids is 1. The number of halogens is 4. The van der Waals surface area contributed by atoms with Crippen LogP contribution in [0.5, 0.6) is 5.75 Å². The largest absolute Gasteiger partial charge is 0.491 e. The molecule has 0 fully saturated rings. The molecule has 4 rings (SSSR count). The fraction of sp³-hybridized carbons (Fsp3) is 0.188. The Balaban J connectivity index is 1.57. The van der Waals surface area contributed by atoms with Crippen molar-refractivity contribution in [3.63, 3.8) is 0 Å². The number of benzene rings is 4. The van der Waals surface area contributed by atoms with Gasteiger partial charge < -0.3 is 20.1 Å². The van der Waals surface area contributed by atoms with E-state index in [2.05, 4.69) is 5.32 Å². The lowest BCUT2D eigenvalue weighted by molar-refractivity contribution is -0.137. The van der Waals surface area contributed by atoms with Gasteiger partial charge in [0.2, 0.25) is 0 Å². The van der Waals surface area contributed by atoms with Crippen molar-refractivity contribution in [2.24, 2.45) is 0 Å². The molecule has 0 aliphatic carbocycles. The number of anilines is 2. The van der Waals surface area contributed by atoms with Gasteiger partial charge in [0.05, 0.1) is 12.3 Å². The molecule has 0 saturated carbocycles. The molecule has 4 aromatic carbocycles. The van der Waals surface area contributed by atoms with Gasteiger partial charge in [0.1, 0.15) is 29.0 Å². The summed E-state index contributed by atoms with van der Waals surface area (Å²) >= 11 is 0. The summed E-state index contributed by atoms with van der Waals surface area (Å²) in [7, 11) is 0. The van der Waals surface area contributed by atoms with Crippen LogP contribution in [-0.4, -0.2) is 23.6 Å². The Morgan fingerprint density at radius 3 is 2.02 bits per heavy atom. The normalized spacial score (nSPS) is 10.8. The molecule has 0 aliphatic heterocycles. The van der Waals surface area contributed by atoms with E-state index in [1.54, 1.807) is 54.3 Å². The molecule has 0 aromatic heterocycles. The lowest BCUT2D eigenvalue weighted by Crippen LogP contribution is -2.24. The van der Waals surface area contributed by atoms with E-state index in [1.807, 2.05) is 0 Å². The van der Waals surface area contributed by atoms with E-state index in [1.165, 1.54) is 12.1 Å². The Labute approximate surface area is 240 Å². The van der Waals surface area contributed by atoms with Gasteiger partial charge in [0.25, 0.3) is 5.91 Å². The van der Waals surface area contributed by atoms with Gasteiger partial charge in [-0.15, -0.1) is 0 Å². The number of carboxylic acid groups (broad SMARTS) is 1. The zero-order valence-corrected chi connectivity index (χ0v) is 22.7. The number of ether oxygens (including phenoxy) is 1. The second-order valence-corrected chi connectivity index (χ2v) is 9.62. The predicted octanol–water partition coefficient (Wildman–Crippen LogP) is 7.25. The molecular weight excluding hydrogens is 552 g/mol. The Bertz CT molecular complexity index is 1540. The molecule has 0 heterocycles. The Kier molecular flexibility index (Phi) is 9.80. The Morgan fingerprint density at radius 2 is 1.45 bits per heavy atom. The monoisotopic (exact) mass is 580 g/mol. The molecular formula is C32H28F4N2O4. The average molecular weight is 581 g/mol. The second-order valence-electron chi connectivity index (χ2n) is 9.62. The average Bonchev–Trinajstić information content (AvgIpc) is 2.94. The molecule has 0 aliphatic rings. The highest BCUT2D eigenvalue weighted by molar-refractivity contribution is 6.06. The molecule has 0 saturated heterocycles. The van der Waals surface area contributed by atoms with Crippen molar-refractivity contribution in [3.05, 3.63) is 124 Å². The quantitative estimate of drug-likeness (QED) is 0.136. The van der Waals surface area contributed by atoms with E-state index in [-0.39, 0.29) is 37.2 Å². The summed E-state index contributed by atoms with van der Waals surface area (Å²) < 4.78 is 61.7. The molecule has 0 spiro atoms. The van der Waals surface area contributed by atoms with Crippen molar-refractivity contribution in [1.82, 2.24) is 0 Å². The third kappa shape index (κ3) is 7.87. The van der Waals surface area contributed by atoms with Gasteiger partial charge in [0.15, 0.2) is 0 Å². The number of para-hydroxylation sites is 2. The second kappa shape index (κ2) is 13.7. The van der Waals surface area contributed by atoms with Crippen LogP contribution in [0.2, 0.25) is 0 Å². The van der Waals surface area contributed by atoms with Gasteiger partial charge >= 0.3 is 5.97 Å². The van der Waals surface area contributed by atoms with Crippen LogP contribution in [0.15, 0.2) is 78.9 Å². The highest BCUT2D eigenvalue weighted by Crippen LogP contribution is 2.28. The van der Waals surface area contributed by atoms with Crippen LogP contribution in [0.3, 0.4) is 0 Å². The summed E-state index contributed by atoms with van der Waals surface area (Å²) in [6.45, 7) is 1.76. The molecule has 218 valence electrons. The molecule has 2 N–H and O–H groups in total. The third-order valence-electron chi connectivity index (χ3n) is 6.50. The molecule has 0 atom stereocenters. The SMILES string of the molecule is Cc1cc(N(Cc2ccc(F)cc2F)Cc2ccc(F)cc2F)ccc1C(=O)Nc1ccccc1OCCCC(=O)O. The first-order valence-corrected chi connectivity index (χ1v) is 13.1. The number of nitrogens with one attached hydrogen (secondary N) is 1. The van der Waals surface area contributed by atoms with E-state index in [0.29, 0.717) is 34.7 Å². The number of rotatable bonds is 12. The number of hydrogen-bond donors (Lipinski definition) is 2. The van der Waals surface area contributed by atoms with E-state index < -0.39 is 35.1 Å². The summed E-state index contributed by atoms with van der Waals surface area (Å²) in [5.74, 6) is -3.96. The smallest absolute Gasteiger partial charge is 0.303 e. The number of carbonyl (C=O) groups excluding carboxylic acids is 1. The fourth-order valence-electron chi connectivity index (χ4n) is 4.34. The third-order valence-corrected chi connectivity index (χ3v) is 6.50. The summed E-state index contributed by atoms with van der Waals surface area (Å²) in [6.07, 6.45) is 0.261. The molecule has 0 radical (unpaired) electrons. The van der Waals surface area contributed by atoms with Crippen LogP contribution in [0.1, 0.15) is 39.9 Å². The predicted molar refractivity (Wildman–Crippen MR) is 151 cm³/mol. The minimum absolute atomic E-state index is 0.0430. The first-order chi connectivity index (χ1) is 20.1. The van der Waals surface area contributed by atoms with Crippen molar-refractivity contribution in [2.45, 2.75) is 32.9 Å². The van der Waals surface area contributed by atoms with Crippen molar-refractivity contribution < 1.29 is 37.0 Å². The fourth-order valence-corrected chi connectivity index (χ4v) is 4.34. The lowest BCUT2D eigenvalue weighted by atomic mass is 10.0. The van der Waals surface area contributed by atoms with E-state index in [4.69, 9.17) is 9.84 Å². The molecule has 4 aromatic rings. The number of carbonyl (C=O) groups is 2. The number of amides is 1. The van der Waals surface area contributed by atoms with Crippen LogP contribution in [0.25, 0.3) is 0 Å². The minimum Gasteiger partial charge on any atom is -0.491 e.